The first kappa shape index (κ1) is 26.5. The Morgan fingerprint density at radius 2 is 2.00 bits per heavy atom. The summed E-state index contributed by atoms with van der Waals surface area (Å²) in [6.07, 6.45) is 5.98. The summed E-state index contributed by atoms with van der Waals surface area (Å²) in [6, 6.07) is 11.2. The van der Waals surface area contributed by atoms with Crippen LogP contribution in [0, 0.1) is 18.3 Å². The number of aryl methyl sites for hydroxylation is 1. The Hall–Kier alpha value is -4.08. The van der Waals surface area contributed by atoms with Crippen molar-refractivity contribution in [3.05, 3.63) is 70.7 Å². The predicted octanol–water partition coefficient (Wildman–Crippen LogP) is 3.18. The third-order valence-electron chi connectivity index (χ3n) is 7.22. The van der Waals surface area contributed by atoms with Crippen LogP contribution in [-0.4, -0.2) is 64.0 Å². The van der Waals surface area contributed by atoms with Crippen LogP contribution in [0.25, 0.3) is 0 Å². The Bertz CT molecular complexity index is 1570. The van der Waals surface area contributed by atoms with Crippen molar-refractivity contribution in [3.63, 3.8) is 0 Å². The minimum Gasteiger partial charge on any atom is -0.336 e. The van der Waals surface area contributed by atoms with Crippen molar-refractivity contribution in [2.45, 2.75) is 51.9 Å². The largest absolute Gasteiger partial charge is 0.336 e. The fourth-order valence-electron chi connectivity index (χ4n) is 5.20. The zero-order valence-corrected chi connectivity index (χ0v) is 22.9. The lowest BCUT2D eigenvalue weighted by molar-refractivity contribution is 0.0460. The number of rotatable bonds is 6. The number of fused-ring (bicyclic) bond motifs is 1. The summed E-state index contributed by atoms with van der Waals surface area (Å²) < 4.78 is 25.4. The molecule has 1 aromatic carbocycles. The SMILES string of the molecule is Cc1ccc(Nc2ncc3c(n2)CN([C@H]2CCN(C(=O)c4ccnc(NS(C)(=O)=O)c4)[C@H](C)C2)C3)cc1C#N. The molecule has 2 aromatic heterocycles. The van der Waals surface area contributed by atoms with E-state index in [4.69, 9.17) is 4.98 Å². The summed E-state index contributed by atoms with van der Waals surface area (Å²) >= 11 is 0. The second kappa shape index (κ2) is 10.6. The molecule has 202 valence electrons. The lowest BCUT2D eigenvalue weighted by Crippen LogP contribution is -2.50. The van der Waals surface area contributed by atoms with Gasteiger partial charge >= 0.3 is 0 Å². The Kier molecular flexibility index (Phi) is 7.20. The Balaban J connectivity index is 1.21. The van der Waals surface area contributed by atoms with Crippen molar-refractivity contribution in [1.29, 1.82) is 5.26 Å². The molecule has 0 bridgehead atoms. The van der Waals surface area contributed by atoms with Crippen LogP contribution >= 0.6 is 0 Å². The van der Waals surface area contributed by atoms with Crippen molar-refractivity contribution in [2.24, 2.45) is 0 Å². The third kappa shape index (κ3) is 6.00. The summed E-state index contributed by atoms with van der Waals surface area (Å²) in [5.41, 5.74) is 4.78. The standard InChI is InChI=1S/C27H30N8O3S/c1-17-4-5-22(11-20(17)13-28)31-27-30-14-21-15-34(16-24(21)32-27)23-7-9-35(18(2)10-23)26(36)19-6-8-29-25(12-19)33-39(3,37)38/h4-6,8,11-12,14,18,23H,7,9-10,15-16H2,1-3H3,(H,29,33)(H,30,31,32)/t18-,23+/m1/s1. The van der Waals surface area contributed by atoms with Crippen LogP contribution in [0.5, 0.6) is 0 Å². The maximum atomic E-state index is 13.2. The number of nitrogens with one attached hydrogen (secondary N) is 2. The average molecular weight is 547 g/mol. The summed E-state index contributed by atoms with van der Waals surface area (Å²) in [4.78, 5) is 30.7. The van der Waals surface area contributed by atoms with Crippen molar-refractivity contribution in [1.82, 2.24) is 24.8 Å². The maximum absolute atomic E-state index is 13.2. The van der Waals surface area contributed by atoms with Gasteiger partial charge in [0.15, 0.2) is 0 Å². The van der Waals surface area contributed by atoms with Crippen LogP contribution in [-0.2, 0) is 23.1 Å². The average Bonchev–Trinajstić information content (AvgIpc) is 3.32. The van der Waals surface area contributed by atoms with E-state index < -0.39 is 10.0 Å². The van der Waals surface area contributed by atoms with Crippen molar-refractivity contribution >= 4 is 33.4 Å². The van der Waals surface area contributed by atoms with E-state index >= 15 is 0 Å². The number of sulfonamides is 1. The van der Waals surface area contributed by atoms with E-state index in [2.05, 4.69) is 31.0 Å². The molecule has 11 nitrogen and oxygen atoms in total. The first-order valence-corrected chi connectivity index (χ1v) is 14.6. The molecule has 2 atom stereocenters. The Morgan fingerprint density at radius 3 is 2.74 bits per heavy atom. The maximum Gasteiger partial charge on any atom is 0.254 e. The van der Waals surface area contributed by atoms with Gasteiger partial charge in [0.05, 0.1) is 23.6 Å². The number of carbonyl (C=O) groups is 1. The van der Waals surface area contributed by atoms with E-state index in [1.807, 2.05) is 37.1 Å². The zero-order valence-electron chi connectivity index (χ0n) is 22.0. The molecular formula is C27H30N8O3S. The predicted molar refractivity (Wildman–Crippen MR) is 147 cm³/mol. The monoisotopic (exact) mass is 546 g/mol. The third-order valence-corrected chi connectivity index (χ3v) is 7.80. The van der Waals surface area contributed by atoms with Gasteiger partial charge in [-0.2, -0.15) is 5.26 Å². The second-order valence-electron chi connectivity index (χ2n) is 10.2. The van der Waals surface area contributed by atoms with Gasteiger partial charge in [0, 0.05) is 60.9 Å². The van der Waals surface area contributed by atoms with E-state index in [1.165, 1.54) is 12.3 Å². The number of carbonyl (C=O) groups excluding carboxylic acids is 1. The summed E-state index contributed by atoms with van der Waals surface area (Å²) in [6.45, 7) is 6.01. The van der Waals surface area contributed by atoms with Crippen LogP contribution < -0.4 is 10.0 Å². The molecule has 0 unspecified atom stereocenters. The molecule has 1 saturated heterocycles. The first-order chi connectivity index (χ1) is 18.6. The number of anilines is 3. The number of aromatic nitrogens is 3. The van der Waals surface area contributed by atoms with Crippen molar-refractivity contribution in [3.8, 4) is 6.07 Å². The highest BCUT2D eigenvalue weighted by molar-refractivity contribution is 7.92. The number of nitrogens with zero attached hydrogens (tertiary/aromatic N) is 6. The lowest BCUT2D eigenvalue weighted by atomic mass is 9.96. The summed E-state index contributed by atoms with van der Waals surface area (Å²) in [5, 5.41) is 12.5. The lowest BCUT2D eigenvalue weighted by Gasteiger charge is -2.41. The number of nitriles is 1. The van der Waals surface area contributed by atoms with Crippen LogP contribution in [0.15, 0.2) is 42.7 Å². The van der Waals surface area contributed by atoms with Gasteiger partial charge in [-0.25, -0.2) is 23.4 Å². The highest BCUT2D eigenvalue weighted by Crippen LogP contribution is 2.31. The van der Waals surface area contributed by atoms with E-state index in [0.29, 0.717) is 36.2 Å². The molecule has 0 aliphatic carbocycles. The Morgan fingerprint density at radius 1 is 1.18 bits per heavy atom. The smallest absolute Gasteiger partial charge is 0.254 e. The molecule has 4 heterocycles. The van der Waals surface area contributed by atoms with E-state index in [1.54, 1.807) is 12.1 Å². The fourth-order valence-corrected chi connectivity index (χ4v) is 5.69. The topological polar surface area (TPSA) is 144 Å². The molecule has 3 aromatic rings. The molecule has 12 heteroatoms. The van der Waals surface area contributed by atoms with Crippen LogP contribution in [0.3, 0.4) is 0 Å². The van der Waals surface area contributed by atoms with Gasteiger partial charge in [0.1, 0.15) is 5.82 Å². The van der Waals surface area contributed by atoms with Gasteiger partial charge in [0.2, 0.25) is 16.0 Å². The molecule has 1 amide bonds. The normalized spacial score (nSPS) is 19.3. The van der Waals surface area contributed by atoms with Gasteiger partial charge in [-0.05, 0) is 56.5 Å². The van der Waals surface area contributed by atoms with Gasteiger partial charge in [-0.15, -0.1) is 0 Å². The fraction of sp³-hybridized carbons (Fsp3) is 0.370. The van der Waals surface area contributed by atoms with Gasteiger partial charge in [-0.3, -0.25) is 14.4 Å². The molecular weight excluding hydrogens is 516 g/mol. The van der Waals surface area contributed by atoms with Crippen LogP contribution in [0.2, 0.25) is 0 Å². The molecule has 2 aliphatic rings. The number of piperidine rings is 1. The molecule has 5 rings (SSSR count). The number of hydrogen-bond donors (Lipinski definition) is 2. The van der Waals surface area contributed by atoms with Gasteiger partial charge < -0.3 is 10.2 Å². The highest BCUT2D eigenvalue weighted by atomic mass is 32.2. The Labute approximate surface area is 228 Å². The molecule has 2 aliphatic heterocycles. The van der Waals surface area contributed by atoms with Crippen LogP contribution in [0.4, 0.5) is 17.5 Å². The van der Waals surface area contributed by atoms with E-state index in [-0.39, 0.29) is 17.8 Å². The highest BCUT2D eigenvalue weighted by Gasteiger charge is 2.35. The molecule has 2 N–H and O–H groups in total. The minimum absolute atomic E-state index is 0.0126. The van der Waals surface area contributed by atoms with E-state index in [9.17, 15) is 18.5 Å². The van der Waals surface area contributed by atoms with Gasteiger partial charge in [0.25, 0.3) is 5.91 Å². The van der Waals surface area contributed by atoms with Crippen LogP contribution in [0.1, 0.15) is 52.5 Å². The number of amides is 1. The quantitative estimate of drug-likeness (QED) is 0.476. The number of hydrogen-bond acceptors (Lipinski definition) is 9. The van der Waals surface area contributed by atoms with Crippen molar-refractivity contribution in [2.75, 3.05) is 22.8 Å². The molecule has 39 heavy (non-hydrogen) atoms. The summed E-state index contributed by atoms with van der Waals surface area (Å²) in [5.74, 6) is 0.490. The zero-order chi connectivity index (χ0) is 27.7. The molecule has 0 saturated carbocycles. The first-order valence-electron chi connectivity index (χ1n) is 12.7. The second-order valence-corrected chi connectivity index (χ2v) is 11.9. The number of pyridine rings is 1. The minimum atomic E-state index is -3.49. The molecule has 0 spiro atoms. The molecule has 0 radical (unpaired) electrons. The van der Waals surface area contributed by atoms with Crippen molar-refractivity contribution < 1.29 is 13.2 Å². The van der Waals surface area contributed by atoms with Gasteiger partial charge in [-0.1, -0.05) is 6.07 Å². The number of benzene rings is 1. The molecule has 1 fully saturated rings. The number of likely N-dealkylation sites (tertiary alicyclic amines) is 1. The van der Waals surface area contributed by atoms with E-state index in [0.717, 1.165) is 48.2 Å². The summed E-state index contributed by atoms with van der Waals surface area (Å²) in [7, 11) is -3.49.